The number of carbonyl (C=O) groups excluding carboxylic acids is 2. The molecule has 0 aliphatic heterocycles. The Balaban J connectivity index is 2.40. The van der Waals surface area contributed by atoms with E-state index in [0.29, 0.717) is 12.5 Å². The molecule has 3 atom stereocenters. The highest BCUT2D eigenvalue weighted by atomic mass is 16.6. The zero-order valence-electron chi connectivity index (χ0n) is 13.7. The molecular weight excluding hydrogens is 272 g/mol. The van der Waals surface area contributed by atoms with E-state index in [0.717, 1.165) is 19.3 Å². The second-order valence-corrected chi connectivity index (χ2v) is 6.59. The highest BCUT2D eigenvalue weighted by Gasteiger charge is 2.30. The fourth-order valence-corrected chi connectivity index (χ4v) is 2.60. The summed E-state index contributed by atoms with van der Waals surface area (Å²) in [7, 11) is 1.39. The van der Waals surface area contributed by atoms with Crippen molar-refractivity contribution in [2.75, 3.05) is 13.7 Å². The van der Waals surface area contributed by atoms with Crippen molar-refractivity contribution in [3.05, 3.63) is 0 Å². The predicted molar refractivity (Wildman–Crippen MR) is 80.0 cm³/mol. The maximum atomic E-state index is 11.7. The number of rotatable bonds is 5. The molecular formula is C15H28N2O4. The molecule has 0 aromatic heterocycles. The van der Waals surface area contributed by atoms with Crippen molar-refractivity contribution in [2.45, 2.75) is 64.6 Å². The fraction of sp³-hybridized carbons (Fsp3) is 0.867. The van der Waals surface area contributed by atoms with Crippen LogP contribution in [0.4, 0.5) is 4.79 Å². The average Bonchev–Trinajstić information content (AvgIpc) is 2.80. The number of esters is 1. The van der Waals surface area contributed by atoms with Crippen molar-refractivity contribution in [3.8, 4) is 0 Å². The molecule has 0 saturated heterocycles. The Labute approximate surface area is 126 Å². The molecule has 2 unspecified atom stereocenters. The number of methoxy groups -OCH3 is 1. The van der Waals surface area contributed by atoms with E-state index in [9.17, 15) is 9.59 Å². The number of hydrogen-bond donors (Lipinski definition) is 2. The van der Waals surface area contributed by atoms with E-state index in [4.69, 9.17) is 9.47 Å². The summed E-state index contributed by atoms with van der Waals surface area (Å²) in [6.07, 6.45) is 2.73. The molecule has 1 aliphatic rings. The summed E-state index contributed by atoms with van der Waals surface area (Å²) in [5, 5.41) is 6.10. The Morgan fingerprint density at radius 1 is 1.29 bits per heavy atom. The van der Waals surface area contributed by atoms with Crippen molar-refractivity contribution in [2.24, 2.45) is 5.92 Å². The maximum absolute atomic E-state index is 11.7. The normalized spacial score (nSPS) is 23.5. The third-order valence-electron chi connectivity index (χ3n) is 3.59. The van der Waals surface area contributed by atoms with Gasteiger partial charge < -0.3 is 20.1 Å². The molecule has 1 saturated carbocycles. The van der Waals surface area contributed by atoms with Gasteiger partial charge in [-0.15, -0.1) is 0 Å². The molecule has 122 valence electrons. The number of hydrogen-bond acceptors (Lipinski definition) is 5. The van der Waals surface area contributed by atoms with Gasteiger partial charge in [0.1, 0.15) is 11.6 Å². The van der Waals surface area contributed by atoms with Gasteiger partial charge in [0.2, 0.25) is 0 Å². The lowest BCUT2D eigenvalue weighted by Crippen LogP contribution is -2.46. The molecule has 21 heavy (non-hydrogen) atoms. The van der Waals surface area contributed by atoms with Crippen molar-refractivity contribution < 1.29 is 19.1 Å². The fourth-order valence-electron chi connectivity index (χ4n) is 2.60. The van der Waals surface area contributed by atoms with E-state index in [-0.39, 0.29) is 18.1 Å². The van der Waals surface area contributed by atoms with Crippen molar-refractivity contribution in [1.82, 2.24) is 10.6 Å². The van der Waals surface area contributed by atoms with Gasteiger partial charge >= 0.3 is 12.1 Å². The summed E-state index contributed by atoms with van der Waals surface area (Å²) in [6, 6.07) is -0.115. The van der Waals surface area contributed by atoms with Crippen LogP contribution in [0.25, 0.3) is 0 Å². The topological polar surface area (TPSA) is 76.7 Å². The molecule has 0 aromatic carbocycles. The molecule has 6 nitrogen and oxygen atoms in total. The number of carbonyl (C=O) groups is 2. The minimum absolute atomic E-state index is 0.217. The minimum Gasteiger partial charge on any atom is -0.468 e. The van der Waals surface area contributed by atoms with Crippen LogP contribution in [-0.4, -0.2) is 43.4 Å². The van der Waals surface area contributed by atoms with Gasteiger partial charge in [-0.05, 0) is 46.5 Å². The van der Waals surface area contributed by atoms with Gasteiger partial charge in [0.15, 0.2) is 0 Å². The highest BCUT2D eigenvalue weighted by Crippen LogP contribution is 2.25. The highest BCUT2D eigenvalue weighted by molar-refractivity contribution is 5.75. The summed E-state index contributed by atoms with van der Waals surface area (Å²) >= 11 is 0. The molecule has 0 radical (unpaired) electrons. The first kappa shape index (κ1) is 17.8. The summed E-state index contributed by atoms with van der Waals surface area (Å²) in [4.78, 5) is 23.1. The van der Waals surface area contributed by atoms with Crippen LogP contribution in [0.3, 0.4) is 0 Å². The summed E-state index contributed by atoms with van der Waals surface area (Å²) in [5.41, 5.74) is -0.489. The van der Waals surface area contributed by atoms with Crippen LogP contribution in [0.2, 0.25) is 0 Å². The molecule has 1 fully saturated rings. The molecule has 1 amide bonds. The number of ether oxygens (including phenoxy) is 2. The van der Waals surface area contributed by atoms with E-state index in [2.05, 4.69) is 10.6 Å². The first-order valence-electron chi connectivity index (χ1n) is 7.53. The summed E-state index contributed by atoms with van der Waals surface area (Å²) in [6.45, 7) is 7.86. The zero-order valence-corrected chi connectivity index (χ0v) is 13.7. The van der Waals surface area contributed by atoms with Crippen LogP contribution in [-0.2, 0) is 14.3 Å². The lowest BCUT2D eigenvalue weighted by Gasteiger charge is -2.25. The monoisotopic (exact) mass is 300 g/mol. The van der Waals surface area contributed by atoms with E-state index >= 15 is 0 Å². The largest absolute Gasteiger partial charge is 0.468 e. The molecule has 0 aromatic rings. The first-order valence-corrected chi connectivity index (χ1v) is 7.53. The quantitative estimate of drug-likeness (QED) is 0.758. The number of alkyl carbamates (subject to hydrolysis) is 1. The Morgan fingerprint density at radius 2 is 1.95 bits per heavy atom. The predicted octanol–water partition coefficient (Wildman–Crippen LogP) is 1.83. The van der Waals surface area contributed by atoms with Gasteiger partial charge in [0, 0.05) is 12.6 Å². The third kappa shape index (κ3) is 6.33. The Bertz CT molecular complexity index is 365. The second-order valence-electron chi connectivity index (χ2n) is 6.59. The number of nitrogens with one attached hydrogen (secondary N) is 2. The third-order valence-corrected chi connectivity index (χ3v) is 3.59. The van der Waals surface area contributed by atoms with Crippen LogP contribution in [0, 0.1) is 5.92 Å². The van der Waals surface area contributed by atoms with E-state index in [1.807, 2.05) is 20.8 Å². The average molecular weight is 300 g/mol. The molecule has 6 heteroatoms. The SMILES string of the molecule is COC(=O)[C@H](C)NC1CCCC1CNC(=O)OC(C)(C)C. The van der Waals surface area contributed by atoms with E-state index in [1.54, 1.807) is 6.92 Å². The van der Waals surface area contributed by atoms with Crippen molar-refractivity contribution in [1.29, 1.82) is 0 Å². The Hall–Kier alpha value is -1.30. The summed E-state index contributed by atoms with van der Waals surface area (Å²) < 4.78 is 9.94. The van der Waals surface area contributed by atoms with Gasteiger partial charge in [0.05, 0.1) is 7.11 Å². The van der Waals surface area contributed by atoms with E-state index in [1.165, 1.54) is 7.11 Å². The molecule has 1 rings (SSSR count). The van der Waals surface area contributed by atoms with E-state index < -0.39 is 11.7 Å². The lowest BCUT2D eigenvalue weighted by molar-refractivity contribution is -0.142. The van der Waals surface area contributed by atoms with Crippen molar-refractivity contribution >= 4 is 12.1 Å². The number of amides is 1. The van der Waals surface area contributed by atoms with Crippen molar-refractivity contribution in [3.63, 3.8) is 0 Å². The molecule has 0 spiro atoms. The van der Waals surface area contributed by atoms with Crippen LogP contribution < -0.4 is 10.6 Å². The molecule has 2 N–H and O–H groups in total. The van der Waals surface area contributed by atoms with Gasteiger partial charge in [0.25, 0.3) is 0 Å². The van der Waals surface area contributed by atoms with Crippen LogP contribution in [0.5, 0.6) is 0 Å². The Morgan fingerprint density at radius 3 is 2.52 bits per heavy atom. The minimum atomic E-state index is -0.489. The van der Waals surface area contributed by atoms with Crippen LogP contribution >= 0.6 is 0 Å². The molecule has 0 heterocycles. The van der Waals surface area contributed by atoms with Gasteiger partial charge in [-0.3, -0.25) is 4.79 Å². The van der Waals surface area contributed by atoms with Gasteiger partial charge in [-0.25, -0.2) is 4.79 Å². The smallest absolute Gasteiger partial charge is 0.407 e. The van der Waals surface area contributed by atoms with Crippen LogP contribution in [0.1, 0.15) is 47.0 Å². The molecule has 1 aliphatic carbocycles. The zero-order chi connectivity index (χ0) is 16.0. The second kappa shape index (κ2) is 7.64. The van der Waals surface area contributed by atoms with Gasteiger partial charge in [-0.1, -0.05) is 6.42 Å². The van der Waals surface area contributed by atoms with Crippen LogP contribution in [0.15, 0.2) is 0 Å². The first-order chi connectivity index (χ1) is 9.73. The Kier molecular flexibility index (Phi) is 6.45. The van der Waals surface area contributed by atoms with Gasteiger partial charge in [-0.2, -0.15) is 0 Å². The summed E-state index contributed by atoms with van der Waals surface area (Å²) in [5.74, 6) is 0.0466. The maximum Gasteiger partial charge on any atom is 0.407 e. The standard InChI is InChI=1S/C15H28N2O4/c1-10(13(18)20-5)17-12-8-6-7-11(12)9-16-14(19)21-15(2,3)4/h10-12,17H,6-9H2,1-5H3,(H,16,19)/t10-,11?,12?/m0/s1. The lowest BCUT2D eigenvalue weighted by atomic mass is 10.0. The molecule has 0 bridgehead atoms.